The Hall–Kier alpha value is -1.88. The monoisotopic (exact) mass is 261 g/mol. The second-order valence-corrected chi connectivity index (χ2v) is 4.74. The van der Waals surface area contributed by atoms with Crippen LogP contribution in [0.2, 0.25) is 0 Å². The zero-order valence-corrected chi connectivity index (χ0v) is 10.8. The number of carbonyl (C=O) groups is 2. The van der Waals surface area contributed by atoms with Gasteiger partial charge in [-0.15, -0.1) is 0 Å². The number of nitrogens with one attached hydrogen (secondary N) is 2. The molecule has 1 aromatic rings. The van der Waals surface area contributed by atoms with E-state index < -0.39 is 0 Å². The molecular formula is C14H19N3O2. The van der Waals surface area contributed by atoms with E-state index in [9.17, 15) is 9.59 Å². The molecule has 0 aliphatic heterocycles. The van der Waals surface area contributed by atoms with Crippen molar-refractivity contribution < 1.29 is 9.59 Å². The molecule has 1 saturated carbocycles. The molecule has 1 fully saturated rings. The molecule has 0 unspecified atom stereocenters. The van der Waals surface area contributed by atoms with E-state index in [1.165, 1.54) is 0 Å². The molecule has 2 amide bonds. The number of rotatable bonds is 6. The van der Waals surface area contributed by atoms with Crippen LogP contribution in [0.3, 0.4) is 0 Å². The van der Waals surface area contributed by atoms with Crippen LogP contribution in [-0.2, 0) is 4.79 Å². The van der Waals surface area contributed by atoms with E-state index >= 15 is 0 Å². The summed E-state index contributed by atoms with van der Waals surface area (Å²) in [5.41, 5.74) is 6.67. The summed E-state index contributed by atoms with van der Waals surface area (Å²) in [6.45, 7) is 1.14. The number of anilines is 1. The summed E-state index contributed by atoms with van der Waals surface area (Å²) in [5, 5.41) is 5.62. The Bertz CT molecular complexity index is 452. The van der Waals surface area contributed by atoms with Crippen molar-refractivity contribution in [3.8, 4) is 0 Å². The van der Waals surface area contributed by atoms with Crippen LogP contribution in [0.5, 0.6) is 0 Å². The zero-order valence-electron chi connectivity index (χ0n) is 10.8. The maximum atomic E-state index is 11.7. The fourth-order valence-electron chi connectivity index (χ4n) is 1.70. The van der Waals surface area contributed by atoms with Crippen molar-refractivity contribution >= 4 is 17.5 Å². The Labute approximate surface area is 112 Å². The molecule has 0 saturated heterocycles. The third-order valence-corrected chi connectivity index (χ3v) is 3.03. The Morgan fingerprint density at radius 3 is 2.47 bits per heavy atom. The topological polar surface area (TPSA) is 84.2 Å². The van der Waals surface area contributed by atoms with Gasteiger partial charge in [0.05, 0.1) is 0 Å². The standard InChI is InChI=1S/C14H19N3O2/c15-8-1-9-16-13(18)10-4-6-12(7-5-10)17-14(19)11-2-3-11/h4-7,11H,1-3,8-9,15H2,(H,16,18)(H,17,19). The minimum absolute atomic E-state index is 0.0696. The molecule has 102 valence electrons. The zero-order chi connectivity index (χ0) is 13.7. The molecule has 4 N–H and O–H groups in total. The van der Waals surface area contributed by atoms with Crippen LogP contribution in [0, 0.1) is 5.92 Å². The van der Waals surface area contributed by atoms with Gasteiger partial charge < -0.3 is 16.4 Å². The van der Waals surface area contributed by atoms with Crippen LogP contribution in [0.1, 0.15) is 29.6 Å². The highest BCUT2D eigenvalue weighted by atomic mass is 16.2. The molecule has 19 heavy (non-hydrogen) atoms. The Kier molecular flexibility index (Phi) is 4.52. The van der Waals surface area contributed by atoms with Crippen molar-refractivity contribution in [2.75, 3.05) is 18.4 Å². The highest BCUT2D eigenvalue weighted by molar-refractivity contribution is 5.96. The van der Waals surface area contributed by atoms with Crippen LogP contribution in [-0.4, -0.2) is 24.9 Å². The van der Waals surface area contributed by atoms with Gasteiger partial charge in [-0.2, -0.15) is 0 Å². The molecule has 0 spiro atoms. The molecule has 1 aliphatic rings. The van der Waals surface area contributed by atoms with Gasteiger partial charge in [0.2, 0.25) is 5.91 Å². The quantitative estimate of drug-likeness (QED) is 0.671. The van der Waals surface area contributed by atoms with Crippen LogP contribution in [0.15, 0.2) is 24.3 Å². The van der Waals surface area contributed by atoms with E-state index in [-0.39, 0.29) is 17.7 Å². The van der Waals surface area contributed by atoms with Crippen molar-refractivity contribution in [2.24, 2.45) is 11.7 Å². The van der Waals surface area contributed by atoms with Crippen LogP contribution < -0.4 is 16.4 Å². The number of hydrogen-bond donors (Lipinski definition) is 3. The first-order chi connectivity index (χ1) is 9.20. The average Bonchev–Trinajstić information content (AvgIpc) is 3.24. The Balaban J connectivity index is 1.86. The fourth-order valence-corrected chi connectivity index (χ4v) is 1.70. The summed E-state index contributed by atoms with van der Waals surface area (Å²) in [6.07, 6.45) is 2.72. The molecule has 5 heteroatoms. The summed E-state index contributed by atoms with van der Waals surface area (Å²) in [6, 6.07) is 6.91. The summed E-state index contributed by atoms with van der Waals surface area (Å²) >= 11 is 0. The van der Waals surface area contributed by atoms with Crippen LogP contribution in [0.25, 0.3) is 0 Å². The second kappa shape index (κ2) is 6.33. The first kappa shape index (κ1) is 13.5. The van der Waals surface area contributed by atoms with Crippen molar-refractivity contribution in [1.82, 2.24) is 5.32 Å². The lowest BCUT2D eigenvalue weighted by Gasteiger charge is -2.06. The first-order valence-corrected chi connectivity index (χ1v) is 6.60. The van der Waals surface area contributed by atoms with Crippen molar-refractivity contribution in [3.05, 3.63) is 29.8 Å². The summed E-state index contributed by atoms with van der Waals surface area (Å²) < 4.78 is 0. The largest absolute Gasteiger partial charge is 0.352 e. The summed E-state index contributed by atoms with van der Waals surface area (Å²) in [4.78, 5) is 23.3. The van der Waals surface area contributed by atoms with E-state index in [1.807, 2.05) is 0 Å². The van der Waals surface area contributed by atoms with E-state index in [0.717, 1.165) is 24.9 Å². The second-order valence-electron chi connectivity index (χ2n) is 4.74. The van der Waals surface area contributed by atoms with Gasteiger partial charge in [-0.1, -0.05) is 0 Å². The van der Waals surface area contributed by atoms with Gasteiger partial charge in [0.25, 0.3) is 5.91 Å². The molecule has 5 nitrogen and oxygen atoms in total. The van der Waals surface area contributed by atoms with Gasteiger partial charge in [-0.25, -0.2) is 0 Å². The Morgan fingerprint density at radius 1 is 1.21 bits per heavy atom. The molecule has 1 aliphatic carbocycles. The van der Waals surface area contributed by atoms with Crippen LogP contribution in [0.4, 0.5) is 5.69 Å². The molecule has 0 atom stereocenters. The van der Waals surface area contributed by atoms with E-state index in [1.54, 1.807) is 24.3 Å². The molecular weight excluding hydrogens is 242 g/mol. The number of benzene rings is 1. The van der Waals surface area contributed by atoms with E-state index in [2.05, 4.69) is 10.6 Å². The average molecular weight is 261 g/mol. The maximum Gasteiger partial charge on any atom is 0.251 e. The van der Waals surface area contributed by atoms with Gasteiger partial charge in [-0.05, 0) is 50.1 Å². The van der Waals surface area contributed by atoms with E-state index in [0.29, 0.717) is 18.7 Å². The Morgan fingerprint density at radius 2 is 1.89 bits per heavy atom. The number of hydrogen-bond acceptors (Lipinski definition) is 3. The van der Waals surface area contributed by atoms with Gasteiger partial charge in [-0.3, -0.25) is 9.59 Å². The minimum atomic E-state index is -0.117. The van der Waals surface area contributed by atoms with Crippen molar-refractivity contribution in [1.29, 1.82) is 0 Å². The lowest BCUT2D eigenvalue weighted by atomic mass is 10.2. The number of carbonyl (C=O) groups excluding carboxylic acids is 2. The molecule has 2 rings (SSSR count). The first-order valence-electron chi connectivity index (χ1n) is 6.60. The third-order valence-electron chi connectivity index (χ3n) is 3.03. The van der Waals surface area contributed by atoms with Crippen molar-refractivity contribution in [3.63, 3.8) is 0 Å². The molecule has 0 heterocycles. The predicted octanol–water partition coefficient (Wildman–Crippen LogP) is 1.11. The van der Waals surface area contributed by atoms with Crippen LogP contribution >= 0.6 is 0 Å². The maximum absolute atomic E-state index is 11.7. The minimum Gasteiger partial charge on any atom is -0.352 e. The molecule has 1 aromatic carbocycles. The highest BCUT2D eigenvalue weighted by Gasteiger charge is 2.29. The third kappa shape index (κ3) is 4.06. The predicted molar refractivity (Wildman–Crippen MR) is 73.8 cm³/mol. The number of amides is 2. The highest BCUT2D eigenvalue weighted by Crippen LogP contribution is 2.30. The fraction of sp³-hybridized carbons (Fsp3) is 0.429. The normalized spacial score (nSPS) is 13.9. The lowest BCUT2D eigenvalue weighted by molar-refractivity contribution is -0.117. The van der Waals surface area contributed by atoms with Gasteiger partial charge >= 0.3 is 0 Å². The van der Waals surface area contributed by atoms with Gasteiger partial charge in [0, 0.05) is 23.7 Å². The molecule has 0 bridgehead atoms. The summed E-state index contributed by atoms with van der Waals surface area (Å²) in [5.74, 6) is 0.132. The molecule has 0 aromatic heterocycles. The van der Waals surface area contributed by atoms with E-state index in [4.69, 9.17) is 5.73 Å². The van der Waals surface area contributed by atoms with Gasteiger partial charge in [0.15, 0.2) is 0 Å². The van der Waals surface area contributed by atoms with Gasteiger partial charge in [0.1, 0.15) is 0 Å². The van der Waals surface area contributed by atoms with Crippen molar-refractivity contribution in [2.45, 2.75) is 19.3 Å². The number of nitrogens with two attached hydrogens (primary N) is 1. The lowest BCUT2D eigenvalue weighted by Crippen LogP contribution is -2.25. The molecule has 0 radical (unpaired) electrons. The summed E-state index contributed by atoms with van der Waals surface area (Å²) in [7, 11) is 0. The smallest absolute Gasteiger partial charge is 0.251 e. The SMILES string of the molecule is NCCCNC(=O)c1ccc(NC(=O)C2CC2)cc1.